The number of carbonyl (C=O) groups is 4. The van der Waals surface area contributed by atoms with Crippen LogP contribution in [0.1, 0.15) is 96.5 Å². The highest BCUT2D eigenvalue weighted by Crippen LogP contribution is 2.38. The van der Waals surface area contributed by atoms with E-state index < -0.39 is 29.7 Å². The van der Waals surface area contributed by atoms with Gasteiger partial charge in [0.1, 0.15) is 23.7 Å². The number of H-pyrrole nitrogens is 2. The molecular formula is C53H60N10O6. The predicted octanol–water partition coefficient (Wildman–Crippen LogP) is 9.39. The molecule has 0 aliphatic carbocycles. The molecule has 358 valence electrons. The van der Waals surface area contributed by atoms with Crippen LogP contribution in [0.4, 0.5) is 9.59 Å². The monoisotopic (exact) mass is 932 g/mol. The van der Waals surface area contributed by atoms with Gasteiger partial charge in [0, 0.05) is 18.8 Å². The lowest BCUT2D eigenvalue weighted by Crippen LogP contribution is -2.51. The lowest BCUT2D eigenvalue weighted by atomic mass is 9.86. The Kier molecular flexibility index (Phi) is 13.8. The fraction of sp³-hybridized carbons (Fsp3) is 0.377. The predicted molar refractivity (Wildman–Crippen MR) is 262 cm³/mol. The number of benzene rings is 3. The highest BCUT2D eigenvalue weighted by atomic mass is 16.5. The third-order valence-electron chi connectivity index (χ3n) is 13.5. The number of alkyl carbamates (subject to hydrolysis) is 1. The number of carboxylic acid groups (broad SMARTS) is 1. The number of imidazole rings is 2. The van der Waals surface area contributed by atoms with Crippen molar-refractivity contribution in [2.45, 2.75) is 96.8 Å². The summed E-state index contributed by atoms with van der Waals surface area (Å²) in [5.41, 5.74) is 8.55. The Morgan fingerprint density at radius 3 is 1.54 bits per heavy atom. The van der Waals surface area contributed by atoms with Crippen LogP contribution in [0.15, 0.2) is 97.3 Å². The van der Waals surface area contributed by atoms with Crippen molar-refractivity contribution in [2.24, 2.45) is 11.8 Å². The molecule has 69 heavy (non-hydrogen) atoms. The number of likely N-dealkylation sites (tertiary alicyclic amines) is 2. The van der Waals surface area contributed by atoms with Gasteiger partial charge in [-0.05, 0) is 103 Å². The second-order valence-corrected chi connectivity index (χ2v) is 19.1. The highest BCUT2D eigenvalue weighted by molar-refractivity contribution is 5.87. The van der Waals surface area contributed by atoms with Gasteiger partial charge in [0.25, 0.3) is 0 Å². The molecule has 4 amide bonds. The molecule has 0 saturated carbocycles. The summed E-state index contributed by atoms with van der Waals surface area (Å²) in [6.07, 6.45) is 4.79. The summed E-state index contributed by atoms with van der Waals surface area (Å²) < 4.78 is 7.01. The Morgan fingerprint density at radius 2 is 1.13 bits per heavy atom. The first kappa shape index (κ1) is 47.8. The molecule has 8 rings (SSSR count). The fourth-order valence-electron chi connectivity index (χ4n) is 9.54. The Labute approximate surface area is 402 Å². The van der Waals surface area contributed by atoms with E-state index in [1.54, 1.807) is 22.2 Å². The SMILES string of the molecule is COC(=O)N[C@H](C(=O)N1CCC[C@H]1c1ncc(-c2ccc(-c3ccc(-c4ccc(-c5cnc([C@@H]6CCCN6C(=O)[C@@H](NC(=O)O)C(C)C)[nH]5)cc4)n3-c3ccc(C(C)(C)C#N)cc3)cc2)[nH]1)C(C)C. The number of nitrogens with zero attached hydrogens (tertiary/aromatic N) is 6. The van der Waals surface area contributed by atoms with Gasteiger partial charge in [-0.25, -0.2) is 19.6 Å². The minimum absolute atomic E-state index is 0.134. The smallest absolute Gasteiger partial charge is 0.407 e. The average Bonchev–Trinajstić information content (AvgIpc) is 4.21. The largest absolute Gasteiger partial charge is 0.465 e. The van der Waals surface area contributed by atoms with E-state index in [1.807, 2.05) is 77.9 Å². The Morgan fingerprint density at radius 1 is 0.696 bits per heavy atom. The molecule has 5 N–H and O–H groups in total. The molecule has 6 aromatic rings. The van der Waals surface area contributed by atoms with Crippen molar-refractivity contribution in [3.8, 4) is 56.8 Å². The van der Waals surface area contributed by atoms with Crippen LogP contribution in [0.3, 0.4) is 0 Å². The molecule has 4 atom stereocenters. The van der Waals surface area contributed by atoms with Gasteiger partial charge in [-0.3, -0.25) is 9.59 Å². The van der Waals surface area contributed by atoms with Crippen molar-refractivity contribution in [2.75, 3.05) is 20.2 Å². The van der Waals surface area contributed by atoms with E-state index in [2.05, 4.69) is 79.8 Å². The van der Waals surface area contributed by atoms with Crippen LogP contribution in [0.2, 0.25) is 0 Å². The van der Waals surface area contributed by atoms with E-state index in [9.17, 15) is 29.5 Å². The van der Waals surface area contributed by atoms with Gasteiger partial charge in [-0.15, -0.1) is 0 Å². The van der Waals surface area contributed by atoms with Crippen molar-refractivity contribution in [3.05, 3.63) is 115 Å². The van der Waals surface area contributed by atoms with E-state index in [1.165, 1.54) is 7.11 Å². The third-order valence-corrected chi connectivity index (χ3v) is 13.5. The molecular weight excluding hydrogens is 873 g/mol. The zero-order chi connectivity index (χ0) is 49.1. The molecule has 3 aromatic heterocycles. The van der Waals surface area contributed by atoms with E-state index in [0.717, 1.165) is 82.0 Å². The first-order valence-electron chi connectivity index (χ1n) is 23.6. The average molecular weight is 933 g/mol. The number of methoxy groups -OCH3 is 1. The zero-order valence-electron chi connectivity index (χ0n) is 40.1. The summed E-state index contributed by atoms with van der Waals surface area (Å²) in [6, 6.07) is 29.1. The Hall–Kier alpha value is -7.67. The van der Waals surface area contributed by atoms with Crippen molar-refractivity contribution < 1.29 is 29.0 Å². The van der Waals surface area contributed by atoms with Crippen molar-refractivity contribution in [1.82, 2.24) is 44.9 Å². The minimum atomic E-state index is -1.23. The Bertz CT molecular complexity index is 2850. The van der Waals surface area contributed by atoms with Crippen molar-refractivity contribution in [3.63, 3.8) is 0 Å². The number of ether oxygens (including phenoxy) is 1. The first-order valence-corrected chi connectivity index (χ1v) is 23.6. The topological polar surface area (TPSA) is 214 Å². The highest BCUT2D eigenvalue weighted by Gasteiger charge is 2.39. The maximum Gasteiger partial charge on any atom is 0.407 e. The number of nitrogens with one attached hydrogen (secondary N) is 4. The number of hydrogen-bond donors (Lipinski definition) is 5. The molecule has 0 bridgehead atoms. The lowest BCUT2D eigenvalue weighted by molar-refractivity contribution is -0.136. The molecule has 2 aliphatic rings. The summed E-state index contributed by atoms with van der Waals surface area (Å²) in [5.74, 6) is 0.602. The number of rotatable bonds is 14. The van der Waals surface area contributed by atoms with Crippen LogP contribution in [-0.4, -0.2) is 95.7 Å². The first-order chi connectivity index (χ1) is 33.1. The van der Waals surface area contributed by atoms with Gasteiger partial charge >= 0.3 is 12.2 Å². The number of hydrogen-bond acceptors (Lipinski definition) is 8. The zero-order valence-corrected chi connectivity index (χ0v) is 40.1. The van der Waals surface area contributed by atoms with Crippen molar-refractivity contribution in [1.29, 1.82) is 5.26 Å². The fourth-order valence-corrected chi connectivity index (χ4v) is 9.54. The summed E-state index contributed by atoms with van der Waals surface area (Å²) in [5, 5.41) is 24.4. The maximum atomic E-state index is 13.7. The van der Waals surface area contributed by atoms with Gasteiger partial charge in [0.15, 0.2) is 0 Å². The number of nitriles is 1. The molecule has 0 spiro atoms. The van der Waals surface area contributed by atoms with Gasteiger partial charge in [0.2, 0.25) is 11.8 Å². The molecule has 2 saturated heterocycles. The number of aromatic amines is 2. The second kappa shape index (κ2) is 19.9. The molecule has 0 unspecified atom stereocenters. The Balaban J connectivity index is 1.05. The summed E-state index contributed by atoms with van der Waals surface area (Å²) >= 11 is 0. The van der Waals surface area contributed by atoms with E-state index in [4.69, 9.17) is 14.7 Å². The molecule has 16 nitrogen and oxygen atoms in total. The third kappa shape index (κ3) is 9.85. The number of amides is 4. The number of carbonyl (C=O) groups excluding carboxylic acids is 3. The van der Waals surface area contributed by atoms with Crippen LogP contribution in [-0.2, 0) is 19.7 Å². The van der Waals surface area contributed by atoms with Gasteiger partial charge < -0.3 is 44.8 Å². The maximum absolute atomic E-state index is 13.7. The van der Waals surface area contributed by atoms with Crippen LogP contribution < -0.4 is 10.6 Å². The molecule has 5 heterocycles. The quantitative estimate of drug-likeness (QED) is 0.0703. The molecule has 16 heteroatoms. The standard InChI is InChI=1S/C53H60N10O6/c1-31(2)45(59-51(66)67)49(64)61-26-8-10-43(61)47-55-28-39(57-47)33-12-16-35(17-13-33)41-24-25-42(63(41)38-22-20-37(21-23-38)53(5,6)30-54)36-18-14-34(15-19-36)40-29-56-48(58-40)44-11-9-27-62(44)50(65)46(32(3)4)60-52(68)69-7/h12-25,28-29,31-32,43-46,59H,8-11,26-27H2,1-7H3,(H,55,57)(H,56,58)(H,60,68)(H,66,67)/t43-,44-,45-,46-/m0/s1. The van der Waals surface area contributed by atoms with E-state index in [-0.39, 0.29) is 35.7 Å². The van der Waals surface area contributed by atoms with Gasteiger partial charge in [-0.1, -0.05) is 88.4 Å². The number of aromatic nitrogens is 5. The molecule has 0 radical (unpaired) electrons. The van der Waals surface area contributed by atoms with Crippen LogP contribution in [0.5, 0.6) is 0 Å². The van der Waals surface area contributed by atoms with Gasteiger partial charge in [0.05, 0.1) is 65.8 Å². The van der Waals surface area contributed by atoms with Gasteiger partial charge in [-0.2, -0.15) is 5.26 Å². The van der Waals surface area contributed by atoms with Crippen LogP contribution in [0.25, 0.3) is 50.7 Å². The van der Waals surface area contributed by atoms with Crippen LogP contribution in [0, 0.1) is 23.2 Å². The summed E-state index contributed by atoms with van der Waals surface area (Å²) in [4.78, 5) is 70.8. The normalized spacial score (nSPS) is 16.9. The van der Waals surface area contributed by atoms with E-state index in [0.29, 0.717) is 24.7 Å². The molecule has 2 fully saturated rings. The van der Waals surface area contributed by atoms with Crippen LogP contribution >= 0.6 is 0 Å². The molecule has 2 aliphatic heterocycles. The minimum Gasteiger partial charge on any atom is -0.465 e. The molecule has 3 aromatic carbocycles. The van der Waals surface area contributed by atoms with Crippen molar-refractivity contribution >= 4 is 24.0 Å². The lowest BCUT2D eigenvalue weighted by Gasteiger charge is -2.30. The van der Waals surface area contributed by atoms with E-state index >= 15 is 0 Å². The summed E-state index contributed by atoms with van der Waals surface area (Å²) in [6.45, 7) is 12.4. The second-order valence-electron chi connectivity index (χ2n) is 19.1. The summed E-state index contributed by atoms with van der Waals surface area (Å²) in [7, 11) is 1.28.